The second-order valence-corrected chi connectivity index (χ2v) is 4.46. The van der Waals surface area contributed by atoms with Crippen LogP contribution in [0.2, 0.25) is 5.02 Å². The van der Waals surface area contributed by atoms with Crippen LogP contribution in [0, 0.1) is 5.82 Å². The van der Waals surface area contributed by atoms with Gasteiger partial charge >= 0.3 is 0 Å². The summed E-state index contributed by atoms with van der Waals surface area (Å²) in [6.07, 6.45) is 1.84. The molecule has 96 valence electrons. The van der Waals surface area contributed by atoms with Crippen LogP contribution >= 0.6 is 11.6 Å². The highest BCUT2D eigenvalue weighted by Gasteiger charge is 2.20. The van der Waals surface area contributed by atoms with Gasteiger partial charge in [0.05, 0.1) is 16.8 Å². The van der Waals surface area contributed by atoms with Crippen molar-refractivity contribution in [2.24, 2.45) is 7.05 Å². The van der Waals surface area contributed by atoms with Crippen LogP contribution in [0.15, 0.2) is 30.5 Å². The van der Waals surface area contributed by atoms with E-state index in [0.717, 1.165) is 5.69 Å². The summed E-state index contributed by atoms with van der Waals surface area (Å²) in [5, 5.41) is 7.67. The Morgan fingerprint density at radius 1 is 1.44 bits per heavy atom. The number of hydrogen-bond donors (Lipinski definition) is 1. The van der Waals surface area contributed by atoms with Crippen molar-refractivity contribution in [3.05, 3.63) is 52.6 Å². The number of benzene rings is 1. The quantitative estimate of drug-likeness (QED) is 0.923. The van der Waals surface area contributed by atoms with Gasteiger partial charge in [-0.15, -0.1) is 0 Å². The summed E-state index contributed by atoms with van der Waals surface area (Å²) in [5.41, 5.74) is 1.29. The molecule has 1 aromatic heterocycles. The van der Waals surface area contributed by atoms with Gasteiger partial charge in [0.15, 0.2) is 0 Å². The van der Waals surface area contributed by atoms with E-state index in [2.05, 4.69) is 10.4 Å². The monoisotopic (exact) mass is 267 g/mol. The van der Waals surface area contributed by atoms with Gasteiger partial charge in [0.2, 0.25) is 0 Å². The Hall–Kier alpha value is -1.39. The molecule has 0 fully saturated rings. The molecule has 1 unspecified atom stereocenters. The topological polar surface area (TPSA) is 29.9 Å². The fourth-order valence-electron chi connectivity index (χ4n) is 1.91. The summed E-state index contributed by atoms with van der Waals surface area (Å²) in [7, 11) is 1.83. The number of aromatic nitrogens is 2. The van der Waals surface area contributed by atoms with Gasteiger partial charge in [-0.3, -0.25) is 4.68 Å². The SMILES string of the molecule is CCNC(c1ccn(C)n1)c1cccc(Cl)c1F. The van der Waals surface area contributed by atoms with E-state index in [1.807, 2.05) is 26.2 Å². The van der Waals surface area contributed by atoms with Gasteiger partial charge in [-0.2, -0.15) is 5.10 Å². The Morgan fingerprint density at radius 2 is 2.22 bits per heavy atom. The van der Waals surface area contributed by atoms with Crippen LogP contribution in [0.1, 0.15) is 24.2 Å². The van der Waals surface area contributed by atoms with Crippen molar-refractivity contribution in [2.75, 3.05) is 6.54 Å². The van der Waals surface area contributed by atoms with Crippen LogP contribution in [-0.2, 0) is 7.05 Å². The molecule has 5 heteroatoms. The van der Waals surface area contributed by atoms with Crippen molar-refractivity contribution in [3.8, 4) is 0 Å². The van der Waals surface area contributed by atoms with Crippen molar-refractivity contribution >= 4 is 11.6 Å². The first-order chi connectivity index (χ1) is 8.63. The van der Waals surface area contributed by atoms with E-state index >= 15 is 0 Å². The zero-order valence-electron chi connectivity index (χ0n) is 10.3. The molecule has 0 amide bonds. The van der Waals surface area contributed by atoms with Crippen molar-refractivity contribution in [1.29, 1.82) is 0 Å². The zero-order valence-corrected chi connectivity index (χ0v) is 11.1. The third kappa shape index (κ3) is 2.54. The molecule has 0 aliphatic rings. The van der Waals surface area contributed by atoms with E-state index in [1.54, 1.807) is 22.9 Å². The van der Waals surface area contributed by atoms with Crippen LogP contribution in [0.3, 0.4) is 0 Å². The lowest BCUT2D eigenvalue weighted by molar-refractivity contribution is 0.546. The minimum Gasteiger partial charge on any atom is -0.305 e. The molecule has 0 radical (unpaired) electrons. The fourth-order valence-corrected chi connectivity index (χ4v) is 2.09. The van der Waals surface area contributed by atoms with Gasteiger partial charge in [-0.05, 0) is 18.7 Å². The summed E-state index contributed by atoms with van der Waals surface area (Å²) in [6.45, 7) is 2.69. The number of nitrogens with zero attached hydrogens (tertiary/aromatic N) is 2. The van der Waals surface area contributed by atoms with E-state index in [0.29, 0.717) is 12.1 Å². The van der Waals surface area contributed by atoms with Crippen LogP contribution in [0.5, 0.6) is 0 Å². The lowest BCUT2D eigenvalue weighted by Crippen LogP contribution is -2.23. The highest BCUT2D eigenvalue weighted by Crippen LogP contribution is 2.27. The highest BCUT2D eigenvalue weighted by atomic mass is 35.5. The molecule has 1 atom stereocenters. The average Bonchev–Trinajstić information content (AvgIpc) is 2.77. The minimum absolute atomic E-state index is 0.131. The van der Waals surface area contributed by atoms with Crippen LogP contribution in [-0.4, -0.2) is 16.3 Å². The number of rotatable bonds is 4. The molecule has 0 aliphatic heterocycles. The van der Waals surface area contributed by atoms with Crippen molar-refractivity contribution in [1.82, 2.24) is 15.1 Å². The standard InChI is InChI=1S/C13H15ClFN3/c1-3-16-13(11-7-8-18(2)17-11)9-5-4-6-10(14)12(9)15/h4-8,13,16H,3H2,1-2H3. The second kappa shape index (κ2) is 5.50. The summed E-state index contributed by atoms with van der Waals surface area (Å²) in [4.78, 5) is 0. The van der Waals surface area contributed by atoms with Gasteiger partial charge < -0.3 is 5.32 Å². The first-order valence-electron chi connectivity index (χ1n) is 5.80. The van der Waals surface area contributed by atoms with Gasteiger partial charge in [-0.25, -0.2) is 4.39 Å². The molecule has 18 heavy (non-hydrogen) atoms. The maximum Gasteiger partial charge on any atom is 0.146 e. The maximum atomic E-state index is 14.1. The lowest BCUT2D eigenvalue weighted by atomic mass is 10.0. The molecular weight excluding hydrogens is 253 g/mol. The Morgan fingerprint density at radius 3 is 2.83 bits per heavy atom. The van der Waals surface area contributed by atoms with Gasteiger partial charge in [0.1, 0.15) is 5.82 Å². The van der Waals surface area contributed by atoms with Crippen LogP contribution in [0.25, 0.3) is 0 Å². The molecule has 2 aromatic rings. The first kappa shape index (κ1) is 13.1. The van der Waals surface area contributed by atoms with Gasteiger partial charge in [0, 0.05) is 18.8 Å². The number of nitrogens with one attached hydrogen (secondary N) is 1. The Kier molecular flexibility index (Phi) is 3.99. The molecule has 1 N–H and O–H groups in total. The van der Waals surface area contributed by atoms with E-state index in [4.69, 9.17) is 11.6 Å². The summed E-state index contributed by atoms with van der Waals surface area (Å²) >= 11 is 5.82. The van der Waals surface area contributed by atoms with Crippen molar-refractivity contribution in [3.63, 3.8) is 0 Å². The summed E-state index contributed by atoms with van der Waals surface area (Å²) in [6, 6.07) is 6.60. The Bertz CT molecular complexity index is 539. The van der Waals surface area contributed by atoms with Crippen LogP contribution in [0.4, 0.5) is 4.39 Å². The predicted octanol–water partition coefficient (Wildman–Crippen LogP) is 2.91. The molecule has 2 rings (SSSR count). The molecule has 0 aliphatic carbocycles. The predicted molar refractivity (Wildman–Crippen MR) is 70.1 cm³/mol. The molecule has 0 saturated heterocycles. The number of halogens is 2. The van der Waals surface area contributed by atoms with Gasteiger partial charge in [-0.1, -0.05) is 30.7 Å². The smallest absolute Gasteiger partial charge is 0.146 e. The molecule has 3 nitrogen and oxygen atoms in total. The first-order valence-corrected chi connectivity index (χ1v) is 6.18. The number of aryl methyl sites for hydroxylation is 1. The fraction of sp³-hybridized carbons (Fsp3) is 0.308. The molecule has 0 spiro atoms. The van der Waals surface area contributed by atoms with E-state index < -0.39 is 5.82 Å². The Balaban J connectivity index is 2.44. The van der Waals surface area contributed by atoms with E-state index in [9.17, 15) is 4.39 Å². The molecule has 0 saturated carbocycles. The zero-order chi connectivity index (χ0) is 13.1. The van der Waals surface area contributed by atoms with Crippen molar-refractivity contribution < 1.29 is 4.39 Å². The molecule has 1 aromatic carbocycles. The number of hydrogen-bond acceptors (Lipinski definition) is 2. The van der Waals surface area contributed by atoms with Crippen molar-refractivity contribution in [2.45, 2.75) is 13.0 Å². The molecular formula is C13H15ClFN3. The summed E-state index contributed by atoms with van der Waals surface area (Å²) in [5.74, 6) is -0.393. The molecule has 0 bridgehead atoms. The van der Waals surface area contributed by atoms with Gasteiger partial charge in [0.25, 0.3) is 0 Å². The van der Waals surface area contributed by atoms with Crippen LogP contribution < -0.4 is 5.32 Å². The third-order valence-corrected chi connectivity index (χ3v) is 3.02. The normalized spacial score (nSPS) is 12.7. The van der Waals surface area contributed by atoms with E-state index in [1.165, 1.54) is 0 Å². The summed E-state index contributed by atoms with van der Waals surface area (Å²) < 4.78 is 15.8. The lowest BCUT2D eigenvalue weighted by Gasteiger charge is -2.17. The largest absolute Gasteiger partial charge is 0.305 e. The maximum absolute atomic E-state index is 14.1. The Labute approximate surface area is 111 Å². The third-order valence-electron chi connectivity index (χ3n) is 2.73. The second-order valence-electron chi connectivity index (χ2n) is 4.05. The molecule has 1 heterocycles. The highest BCUT2D eigenvalue weighted by molar-refractivity contribution is 6.30. The van der Waals surface area contributed by atoms with E-state index in [-0.39, 0.29) is 11.1 Å². The average molecular weight is 268 g/mol. The minimum atomic E-state index is -0.393.